The number of rotatable bonds is 3. The number of likely N-dealkylation sites (N-methyl/N-ethyl adjacent to an activating group) is 1. The van der Waals surface area contributed by atoms with Gasteiger partial charge in [-0.05, 0) is 61.7 Å². The van der Waals surface area contributed by atoms with Crippen molar-refractivity contribution in [3.8, 4) is 5.75 Å². The predicted molar refractivity (Wildman–Crippen MR) is 150 cm³/mol. The molecule has 3 aromatic rings. The summed E-state index contributed by atoms with van der Waals surface area (Å²) in [6.07, 6.45) is 6.22. The lowest BCUT2D eigenvalue weighted by Gasteiger charge is -2.34. The Hall–Kier alpha value is -2.84. The van der Waals surface area contributed by atoms with Gasteiger partial charge in [0.2, 0.25) is 0 Å². The van der Waals surface area contributed by atoms with E-state index in [2.05, 4.69) is 57.2 Å². The number of hydrogen-bond acceptors (Lipinski definition) is 6. The third-order valence-electron chi connectivity index (χ3n) is 6.31. The van der Waals surface area contributed by atoms with Gasteiger partial charge < -0.3 is 19.9 Å². The number of aromatic hydroxyl groups is 1. The van der Waals surface area contributed by atoms with Crippen LogP contribution in [0.1, 0.15) is 17.3 Å². The summed E-state index contributed by atoms with van der Waals surface area (Å²) in [6.45, 7) is 4.26. The number of imidazole rings is 1. The molecule has 1 unspecified atom stereocenters. The van der Waals surface area contributed by atoms with Crippen LogP contribution in [0.3, 0.4) is 0 Å². The van der Waals surface area contributed by atoms with E-state index < -0.39 is 0 Å². The molecule has 7 nitrogen and oxygen atoms in total. The molecule has 184 valence electrons. The standard InChI is InChI=1S/C25H24N6O.3ClH/c1-30-10-12-31(13-11-30)18-5-9-21-23(15-18)29-25(27-21)17-4-8-20-22(14-17)28-24(26-20)16-2-6-19(32)7-3-16;;;/h2-9,14-15,17,32H,10-13H2,1H3,(H,27,29);3*1H. The Balaban J connectivity index is 0.00000114. The Kier molecular flexibility index (Phi) is 8.28. The fraction of sp³-hybridized carbons (Fsp3) is 0.240. The van der Waals surface area contributed by atoms with Gasteiger partial charge in [0.25, 0.3) is 0 Å². The first-order valence-electron chi connectivity index (χ1n) is 10.9. The second-order valence-electron chi connectivity index (χ2n) is 8.53. The van der Waals surface area contributed by atoms with Gasteiger partial charge in [-0.3, -0.25) is 0 Å². The van der Waals surface area contributed by atoms with Crippen molar-refractivity contribution < 1.29 is 5.11 Å². The Morgan fingerprint density at radius 1 is 0.943 bits per heavy atom. The third kappa shape index (κ3) is 5.23. The lowest BCUT2D eigenvalue weighted by atomic mass is 9.99. The molecule has 1 atom stereocenters. The number of phenols is 1. The Bertz CT molecular complexity index is 1320. The number of anilines is 1. The molecule has 1 fully saturated rings. The van der Waals surface area contributed by atoms with Crippen LogP contribution in [0.5, 0.6) is 5.75 Å². The molecule has 2 aromatic carbocycles. The molecule has 0 saturated carbocycles. The molecule has 10 heteroatoms. The fourth-order valence-electron chi connectivity index (χ4n) is 4.38. The van der Waals surface area contributed by atoms with Crippen molar-refractivity contribution in [3.63, 3.8) is 0 Å². The molecule has 1 saturated heterocycles. The maximum Gasteiger partial charge on any atom is 0.160 e. The zero-order valence-electron chi connectivity index (χ0n) is 19.1. The highest BCUT2D eigenvalue weighted by atomic mass is 35.5. The summed E-state index contributed by atoms with van der Waals surface area (Å²) >= 11 is 0. The van der Waals surface area contributed by atoms with Crippen LogP contribution >= 0.6 is 37.2 Å². The minimum atomic E-state index is 0. The van der Waals surface area contributed by atoms with Crippen LogP contribution in [0.2, 0.25) is 0 Å². The number of benzene rings is 2. The molecule has 6 rings (SSSR count). The molecular formula is C25H27Cl3N6O. The average Bonchev–Trinajstić information content (AvgIpc) is 3.43. The number of nitrogens with zero attached hydrogens (tertiary/aromatic N) is 5. The number of hydrogen-bond donors (Lipinski definition) is 2. The van der Waals surface area contributed by atoms with Crippen LogP contribution in [0.15, 0.2) is 76.4 Å². The number of aliphatic imine (C=N–C) groups is 2. The molecule has 3 aliphatic rings. The van der Waals surface area contributed by atoms with Crippen LogP contribution in [-0.2, 0) is 0 Å². The summed E-state index contributed by atoms with van der Waals surface area (Å²) in [5.41, 5.74) is 5.88. The molecule has 2 aliphatic heterocycles. The van der Waals surface area contributed by atoms with Crippen LogP contribution < -0.4 is 4.90 Å². The molecule has 0 radical (unpaired) electrons. The number of allylic oxidation sites excluding steroid dienone is 3. The molecule has 1 aliphatic carbocycles. The van der Waals surface area contributed by atoms with Crippen molar-refractivity contribution in [2.75, 3.05) is 38.1 Å². The van der Waals surface area contributed by atoms with Crippen LogP contribution in [0.25, 0.3) is 11.0 Å². The first kappa shape index (κ1) is 26.8. The van der Waals surface area contributed by atoms with Crippen molar-refractivity contribution in [1.29, 1.82) is 0 Å². The van der Waals surface area contributed by atoms with Crippen LogP contribution in [0, 0.1) is 0 Å². The van der Waals surface area contributed by atoms with Crippen LogP contribution in [0.4, 0.5) is 5.69 Å². The van der Waals surface area contributed by atoms with Gasteiger partial charge in [0.1, 0.15) is 11.6 Å². The number of amidine groups is 1. The van der Waals surface area contributed by atoms with Gasteiger partial charge >= 0.3 is 0 Å². The van der Waals surface area contributed by atoms with Gasteiger partial charge in [0.05, 0.1) is 28.4 Å². The quantitative estimate of drug-likeness (QED) is 0.510. The van der Waals surface area contributed by atoms with Gasteiger partial charge in [0, 0.05) is 37.4 Å². The summed E-state index contributed by atoms with van der Waals surface area (Å²) < 4.78 is 0. The van der Waals surface area contributed by atoms with Gasteiger partial charge in [-0.2, -0.15) is 0 Å². The fourth-order valence-corrected chi connectivity index (χ4v) is 4.38. The Morgan fingerprint density at radius 2 is 1.69 bits per heavy atom. The number of halogens is 3. The number of fused-ring (bicyclic) bond motifs is 2. The lowest BCUT2D eigenvalue weighted by Crippen LogP contribution is -2.44. The molecule has 0 bridgehead atoms. The van der Waals surface area contributed by atoms with E-state index >= 15 is 0 Å². The van der Waals surface area contributed by atoms with Crippen molar-refractivity contribution in [2.24, 2.45) is 9.98 Å². The number of aromatic nitrogens is 2. The summed E-state index contributed by atoms with van der Waals surface area (Å²) in [5.74, 6) is 1.83. The SMILES string of the molecule is CN1CCN(c2ccc3nc(C4C=CC5=NC(c6ccc(O)cc6)=NC5=C4)[nH]c3c2)CC1.Cl.Cl.Cl. The van der Waals surface area contributed by atoms with Gasteiger partial charge in [-0.1, -0.05) is 6.08 Å². The minimum Gasteiger partial charge on any atom is -0.508 e. The zero-order valence-corrected chi connectivity index (χ0v) is 21.5. The molecule has 2 N–H and O–H groups in total. The van der Waals surface area contributed by atoms with E-state index in [9.17, 15) is 5.11 Å². The molecule has 35 heavy (non-hydrogen) atoms. The first-order valence-corrected chi connectivity index (χ1v) is 10.9. The highest BCUT2D eigenvalue weighted by Gasteiger charge is 2.23. The highest BCUT2D eigenvalue weighted by molar-refractivity contribution is 6.22. The molecule has 0 amide bonds. The predicted octanol–water partition coefficient (Wildman–Crippen LogP) is 4.72. The number of aromatic amines is 1. The van der Waals surface area contributed by atoms with E-state index in [-0.39, 0.29) is 48.9 Å². The van der Waals surface area contributed by atoms with Crippen molar-refractivity contribution >= 4 is 65.5 Å². The summed E-state index contributed by atoms with van der Waals surface area (Å²) in [7, 11) is 2.17. The molecule has 0 spiro atoms. The van der Waals surface area contributed by atoms with E-state index in [0.29, 0.717) is 5.84 Å². The maximum absolute atomic E-state index is 9.51. The van der Waals surface area contributed by atoms with Crippen molar-refractivity contribution in [1.82, 2.24) is 14.9 Å². The van der Waals surface area contributed by atoms with E-state index in [1.165, 1.54) is 5.69 Å². The van der Waals surface area contributed by atoms with E-state index in [0.717, 1.165) is 60.0 Å². The van der Waals surface area contributed by atoms with Gasteiger partial charge in [0.15, 0.2) is 5.84 Å². The highest BCUT2D eigenvalue weighted by Crippen LogP contribution is 2.30. The molecular weight excluding hydrogens is 507 g/mol. The Labute approximate surface area is 222 Å². The van der Waals surface area contributed by atoms with Gasteiger partial charge in [-0.15, -0.1) is 37.2 Å². The normalized spacial score (nSPS) is 19.1. The summed E-state index contributed by atoms with van der Waals surface area (Å²) in [6, 6.07) is 13.4. The van der Waals surface area contributed by atoms with Crippen molar-refractivity contribution in [2.45, 2.75) is 5.92 Å². The minimum absolute atomic E-state index is 0. The summed E-state index contributed by atoms with van der Waals surface area (Å²) in [4.78, 5) is 22.5. The van der Waals surface area contributed by atoms with Gasteiger partial charge in [-0.25, -0.2) is 15.0 Å². The van der Waals surface area contributed by atoms with Crippen LogP contribution in [-0.4, -0.2) is 64.7 Å². The largest absolute Gasteiger partial charge is 0.508 e. The topological polar surface area (TPSA) is 80.1 Å². The third-order valence-corrected chi connectivity index (χ3v) is 6.31. The number of piperazine rings is 1. The first-order chi connectivity index (χ1) is 15.6. The van der Waals surface area contributed by atoms with E-state index in [1.54, 1.807) is 12.1 Å². The van der Waals surface area contributed by atoms with E-state index in [1.807, 2.05) is 18.2 Å². The zero-order chi connectivity index (χ0) is 21.7. The monoisotopic (exact) mass is 532 g/mol. The van der Waals surface area contributed by atoms with Crippen molar-refractivity contribution in [3.05, 3.63) is 77.8 Å². The number of phenolic OH excluding ortho intramolecular Hbond substituents is 1. The molecule has 1 aromatic heterocycles. The lowest BCUT2D eigenvalue weighted by molar-refractivity contribution is 0.313. The smallest absolute Gasteiger partial charge is 0.160 e. The second-order valence-corrected chi connectivity index (χ2v) is 8.53. The second kappa shape index (κ2) is 10.8. The number of nitrogens with one attached hydrogen (secondary N) is 1. The Morgan fingerprint density at radius 3 is 2.43 bits per heavy atom. The van der Waals surface area contributed by atoms with E-state index in [4.69, 9.17) is 9.98 Å². The maximum atomic E-state index is 9.51. The summed E-state index contributed by atoms with van der Waals surface area (Å²) in [5, 5.41) is 9.51. The molecule has 3 heterocycles. The number of H-pyrrole nitrogens is 1. The average molecular weight is 534 g/mol.